The normalized spacial score (nSPS) is 11.0. The molecule has 0 radical (unpaired) electrons. The number of aliphatic hydroxyl groups is 1. The van der Waals surface area contributed by atoms with Crippen molar-refractivity contribution >= 4 is 34.3 Å². The number of aliphatic hydroxyl groups excluding tert-OH is 1. The Labute approximate surface area is 169 Å². The van der Waals surface area contributed by atoms with E-state index < -0.39 is 0 Å². The monoisotopic (exact) mass is 399 g/mol. The summed E-state index contributed by atoms with van der Waals surface area (Å²) in [5.74, 6) is 1.43. The van der Waals surface area contributed by atoms with Gasteiger partial charge in [0.25, 0.3) is 0 Å². The minimum Gasteiger partial charge on any atom is -0.395 e. The Morgan fingerprint density at radius 3 is 2.82 bits per heavy atom. The molecule has 8 heteroatoms. The summed E-state index contributed by atoms with van der Waals surface area (Å²) in [6.07, 6.45) is 3.71. The summed E-state index contributed by atoms with van der Waals surface area (Å²) in [5, 5.41) is 17.1. The van der Waals surface area contributed by atoms with Gasteiger partial charge < -0.3 is 21.1 Å². The van der Waals surface area contributed by atoms with Crippen LogP contribution >= 0.6 is 11.8 Å². The van der Waals surface area contributed by atoms with Crippen LogP contribution in [-0.4, -0.2) is 40.8 Å². The molecule has 148 valence electrons. The van der Waals surface area contributed by atoms with Crippen molar-refractivity contribution in [3.63, 3.8) is 0 Å². The third kappa shape index (κ3) is 7.05. The number of thioether (sulfide) groups is 1. The number of rotatable bonds is 9. The van der Waals surface area contributed by atoms with Crippen LogP contribution in [0.25, 0.3) is 4.91 Å². The van der Waals surface area contributed by atoms with Crippen molar-refractivity contribution < 1.29 is 9.90 Å². The predicted octanol–water partition coefficient (Wildman–Crippen LogP) is 3.43. The van der Waals surface area contributed by atoms with Crippen molar-refractivity contribution in [2.45, 2.75) is 13.8 Å². The summed E-state index contributed by atoms with van der Waals surface area (Å²) in [6, 6.07) is 9.28. The first kappa shape index (κ1) is 21.5. The maximum atomic E-state index is 11.5. The maximum Gasteiger partial charge on any atom is 0.315 e. The number of carbonyl (C=O) groups excluding carboxylic acids is 1. The zero-order chi connectivity index (χ0) is 20.4. The Kier molecular flexibility index (Phi) is 8.51. The zero-order valence-electron chi connectivity index (χ0n) is 16.0. The molecule has 0 aromatic carbocycles. The number of pyridine rings is 2. The van der Waals surface area contributed by atoms with E-state index in [1.807, 2.05) is 50.3 Å². The van der Waals surface area contributed by atoms with Gasteiger partial charge in [-0.2, -0.15) is 0 Å². The molecular formula is C20H25N5O2S. The number of nitrogens with zero attached hydrogens (tertiary/aromatic N) is 2. The second-order valence-corrected chi connectivity index (χ2v) is 7.10. The minimum atomic E-state index is -0.340. The van der Waals surface area contributed by atoms with Gasteiger partial charge in [0.05, 0.1) is 18.8 Å². The molecule has 7 nitrogen and oxygen atoms in total. The predicted molar refractivity (Wildman–Crippen MR) is 115 cm³/mol. The summed E-state index contributed by atoms with van der Waals surface area (Å²) >= 11 is 1.45. The average Bonchev–Trinajstić information content (AvgIpc) is 2.69. The molecule has 2 aromatic heterocycles. The Bertz CT molecular complexity index is 854. The third-order valence-corrected chi connectivity index (χ3v) is 4.63. The van der Waals surface area contributed by atoms with Crippen LogP contribution in [-0.2, 0) is 0 Å². The van der Waals surface area contributed by atoms with Gasteiger partial charge in [0.15, 0.2) is 0 Å². The number of hydrogen-bond donors (Lipinski definition) is 4. The van der Waals surface area contributed by atoms with Crippen LogP contribution in [0.4, 0.5) is 16.4 Å². The summed E-state index contributed by atoms with van der Waals surface area (Å²) in [7, 11) is 0. The smallest absolute Gasteiger partial charge is 0.315 e. The molecule has 0 bridgehead atoms. The van der Waals surface area contributed by atoms with E-state index in [4.69, 9.17) is 5.11 Å². The molecular weight excluding hydrogens is 374 g/mol. The van der Waals surface area contributed by atoms with Crippen molar-refractivity contribution in [2.24, 2.45) is 0 Å². The van der Waals surface area contributed by atoms with E-state index in [0.29, 0.717) is 12.4 Å². The summed E-state index contributed by atoms with van der Waals surface area (Å²) in [4.78, 5) is 22.2. The lowest BCUT2D eigenvalue weighted by atomic mass is 10.3. The summed E-state index contributed by atoms with van der Waals surface area (Å²) in [6.45, 7) is 8.36. The largest absolute Gasteiger partial charge is 0.395 e. The number of amides is 2. The number of carbonyl (C=O) groups is 1. The molecule has 0 aliphatic carbocycles. The van der Waals surface area contributed by atoms with Crippen molar-refractivity contribution in [1.29, 1.82) is 0 Å². The topological polar surface area (TPSA) is 99.2 Å². The van der Waals surface area contributed by atoms with Gasteiger partial charge in [-0.15, -0.1) is 0 Å². The number of aromatic nitrogens is 2. The molecule has 2 aromatic rings. The molecule has 2 rings (SSSR count). The molecule has 0 aliphatic heterocycles. The fourth-order valence-electron chi connectivity index (χ4n) is 2.24. The molecule has 0 saturated carbocycles. The van der Waals surface area contributed by atoms with Crippen LogP contribution in [0.3, 0.4) is 0 Å². The highest BCUT2D eigenvalue weighted by Crippen LogP contribution is 2.32. The van der Waals surface area contributed by atoms with Gasteiger partial charge >= 0.3 is 6.03 Å². The van der Waals surface area contributed by atoms with E-state index in [-0.39, 0.29) is 19.2 Å². The van der Waals surface area contributed by atoms with Crippen LogP contribution in [0, 0.1) is 6.92 Å². The molecule has 28 heavy (non-hydrogen) atoms. The first-order chi connectivity index (χ1) is 13.5. The van der Waals surface area contributed by atoms with E-state index in [0.717, 1.165) is 26.9 Å². The van der Waals surface area contributed by atoms with Crippen LogP contribution < -0.4 is 16.0 Å². The second-order valence-electron chi connectivity index (χ2n) is 5.88. The lowest BCUT2D eigenvalue weighted by Crippen LogP contribution is -2.37. The van der Waals surface area contributed by atoms with E-state index >= 15 is 0 Å². The van der Waals surface area contributed by atoms with Crippen LogP contribution in [0.2, 0.25) is 0 Å². The van der Waals surface area contributed by atoms with Gasteiger partial charge in [0.2, 0.25) is 0 Å². The van der Waals surface area contributed by atoms with Gasteiger partial charge in [0, 0.05) is 22.6 Å². The zero-order valence-corrected chi connectivity index (χ0v) is 16.8. The first-order valence-electron chi connectivity index (χ1n) is 8.83. The SMILES string of the molecule is C=C(CNC(=O)NCCO)S/C(=C\C)c1cccc(Nc2cc(C)ccn2)n1. The van der Waals surface area contributed by atoms with E-state index in [2.05, 4.69) is 32.5 Å². The third-order valence-electron chi connectivity index (χ3n) is 3.53. The fourth-order valence-corrected chi connectivity index (χ4v) is 3.03. The number of hydrogen-bond acceptors (Lipinski definition) is 6. The fraction of sp³-hybridized carbons (Fsp3) is 0.250. The molecule has 0 unspecified atom stereocenters. The number of urea groups is 1. The van der Waals surface area contributed by atoms with Crippen molar-refractivity contribution in [1.82, 2.24) is 20.6 Å². The Hall–Kier alpha value is -2.84. The Morgan fingerprint density at radius 2 is 2.11 bits per heavy atom. The molecule has 0 saturated heterocycles. The van der Waals surface area contributed by atoms with Crippen molar-refractivity contribution in [3.05, 3.63) is 65.3 Å². The van der Waals surface area contributed by atoms with Gasteiger partial charge in [-0.25, -0.2) is 14.8 Å². The van der Waals surface area contributed by atoms with Crippen LogP contribution in [0.1, 0.15) is 18.2 Å². The Balaban J connectivity index is 1.98. The summed E-state index contributed by atoms with van der Waals surface area (Å²) in [5.41, 5.74) is 1.92. The van der Waals surface area contributed by atoms with Gasteiger partial charge in [-0.05, 0) is 43.7 Å². The highest BCUT2D eigenvalue weighted by atomic mass is 32.2. The van der Waals surface area contributed by atoms with E-state index in [1.165, 1.54) is 11.8 Å². The molecule has 4 N–H and O–H groups in total. The van der Waals surface area contributed by atoms with E-state index in [9.17, 15) is 4.79 Å². The molecule has 0 aliphatic rings. The minimum absolute atomic E-state index is 0.0973. The number of nitrogens with one attached hydrogen (secondary N) is 3. The van der Waals surface area contributed by atoms with Crippen molar-refractivity contribution in [3.8, 4) is 0 Å². The van der Waals surface area contributed by atoms with Gasteiger partial charge in [-0.1, -0.05) is 30.5 Å². The quantitative estimate of drug-likeness (QED) is 0.516. The highest BCUT2D eigenvalue weighted by Gasteiger charge is 2.09. The second kappa shape index (κ2) is 11.1. The van der Waals surface area contributed by atoms with Crippen molar-refractivity contribution in [2.75, 3.05) is 25.0 Å². The Morgan fingerprint density at radius 1 is 1.29 bits per heavy atom. The van der Waals surface area contributed by atoms with Gasteiger partial charge in [-0.3, -0.25) is 0 Å². The number of anilines is 2. The molecule has 0 fully saturated rings. The van der Waals surface area contributed by atoms with Crippen LogP contribution in [0.15, 0.2) is 54.1 Å². The standard InChI is InChI=1S/C20H25N5O2S/c1-4-17(28-15(3)13-23-20(27)22-10-11-26)16-6-5-7-18(24-16)25-19-12-14(2)8-9-21-19/h4-9,12,26H,3,10-11,13H2,1-2H3,(H,21,24,25)(H2,22,23,27)/b17-4-. The van der Waals surface area contributed by atoms with E-state index in [1.54, 1.807) is 6.20 Å². The number of allylic oxidation sites excluding steroid dienone is 1. The van der Waals surface area contributed by atoms with Crippen LogP contribution in [0.5, 0.6) is 0 Å². The maximum absolute atomic E-state index is 11.5. The highest BCUT2D eigenvalue weighted by molar-refractivity contribution is 8.11. The summed E-state index contributed by atoms with van der Waals surface area (Å²) < 4.78 is 0. The first-order valence-corrected chi connectivity index (χ1v) is 9.65. The lowest BCUT2D eigenvalue weighted by Gasteiger charge is -2.12. The number of aryl methyl sites for hydroxylation is 1. The lowest BCUT2D eigenvalue weighted by molar-refractivity contribution is 0.235. The molecule has 2 heterocycles. The average molecular weight is 400 g/mol. The molecule has 2 amide bonds. The molecule has 0 atom stereocenters. The molecule has 0 spiro atoms. The van der Waals surface area contributed by atoms with Gasteiger partial charge in [0.1, 0.15) is 11.6 Å².